The van der Waals surface area contributed by atoms with Crippen molar-refractivity contribution < 1.29 is 42.8 Å². The van der Waals surface area contributed by atoms with Crippen LogP contribution in [0, 0.1) is 13.8 Å². The average Bonchev–Trinajstić information content (AvgIpc) is 2.97. The number of aromatic nitrogens is 2. The maximum absolute atomic E-state index is 14.2. The number of nitrogens with zero attached hydrogens (tertiary/aromatic N) is 2. The summed E-state index contributed by atoms with van der Waals surface area (Å²) >= 11 is 0. The number of esters is 1. The second-order valence-corrected chi connectivity index (χ2v) is 7.20. The van der Waals surface area contributed by atoms with Crippen LogP contribution < -0.4 is 11.0 Å². The van der Waals surface area contributed by atoms with E-state index in [9.17, 15) is 28.3 Å². The van der Waals surface area contributed by atoms with Crippen molar-refractivity contribution in [3.05, 3.63) is 57.6 Å². The molecule has 1 fully saturated rings. The molecule has 1 amide bonds. The molecular formula is C20H21F2N3O8. The number of hydrogen-bond acceptors (Lipinski definition) is 9. The minimum Gasteiger partial charge on any atom is -0.424 e. The molecule has 1 aromatic heterocycles. The molecule has 1 aromatic carbocycles. The third kappa shape index (κ3) is 4.99. The van der Waals surface area contributed by atoms with Gasteiger partial charge in [-0.1, -0.05) is 18.2 Å². The molecule has 0 unspecified atom stereocenters. The smallest absolute Gasteiger partial charge is 0.415 e. The highest BCUT2D eigenvalue weighted by molar-refractivity contribution is 5.92. The van der Waals surface area contributed by atoms with E-state index in [0.717, 1.165) is 12.3 Å². The van der Waals surface area contributed by atoms with Gasteiger partial charge in [-0.3, -0.25) is 9.88 Å². The number of carbonyl (C=O) groups is 2. The Morgan fingerprint density at radius 3 is 2.48 bits per heavy atom. The number of benzene rings is 1. The van der Waals surface area contributed by atoms with E-state index < -0.39 is 55.5 Å². The molecule has 3 rings (SSSR count). The van der Waals surface area contributed by atoms with Crippen molar-refractivity contribution in [1.29, 1.82) is 0 Å². The van der Waals surface area contributed by atoms with Crippen LogP contribution in [0.15, 0.2) is 35.3 Å². The summed E-state index contributed by atoms with van der Waals surface area (Å²) in [5.74, 6) is -4.89. The third-order valence-electron chi connectivity index (χ3n) is 4.94. The first-order valence-electron chi connectivity index (χ1n) is 9.64. The van der Waals surface area contributed by atoms with Crippen LogP contribution in [0.1, 0.15) is 27.7 Å². The minimum atomic E-state index is -3.87. The number of aliphatic hydroxyl groups excluding tert-OH is 2. The first-order chi connectivity index (χ1) is 15.6. The fourth-order valence-corrected chi connectivity index (χ4v) is 3.27. The van der Waals surface area contributed by atoms with Crippen molar-refractivity contribution in [2.75, 3.05) is 18.7 Å². The maximum atomic E-state index is 14.2. The molecule has 2 heterocycles. The van der Waals surface area contributed by atoms with E-state index in [1.165, 1.54) is 0 Å². The zero-order chi connectivity index (χ0) is 24.3. The van der Waals surface area contributed by atoms with Gasteiger partial charge in [-0.25, -0.2) is 14.4 Å². The molecule has 1 aliphatic rings. The molecule has 3 N–H and O–H groups in total. The van der Waals surface area contributed by atoms with Gasteiger partial charge in [0.15, 0.2) is 6.10 Å². The number of ether oxygens (including phenoxy) is 3. The van der Waals surface area contributed by atoms with Crippen molar-refractivity contribution in [2.24, 2.45) is 0 Å². The quantitative estimate of drug-likeness (QED) is 0.418. The summed E-state index contributed by atoms with van der Waals surface area (Å²) in [5.41, 5.74) is 0.490. The lowest BCUT2D eigenvalue weighted by molar-refractivity contribution is -0.140. The van der Waals surface area contributed by atoms with Crippen LogP contribution in [-0.4, -0.2) is 63.4 Å². The number of rotatable bonds is 6. The predicted octanol–water partition coefficient (Wildman–Crippen LogP) is 1.11. The molecule has 0 aliphatic carbocycles. The van der Waals surface area contributed by atoms with E-state index in [0.29, 0.717) is 21.3 Å². The number of carbonyl (C=O) groups excluding carboxylic acids is 2. The Bertz CT molecular complexity index is 1090. The standard InChI is InChI=1S/C20H21F2N3O8/c1-10-4-3-5-11(2)14(10)16(28)31-9-32-19(30)24-13-6-7-25(18(29)23-13)17-20(21,22)15(27)12(8-26)33-17/h3-7,12,15,17,26-27H,8-9H2,1-2H3,(H,23,24,29,30)/t12-,15-,17-/m1/s1. The zero-order valence-electron chi connectivity index (χ0n) is 17.5. The second-order valence-electron chi connectivity index (χ2n) is 7.20. The van der Waals surface area contributed by atoms with Crippen molar-refractivity contribution in [3.8, 4) is 0 Å². The normalized spacial score (nSPS) is 21.5. The number of aliphatic hydroxyl groups is 2. The predicted molar refractivity (Wildman–Crippen MR) is 107 cm³/mol. The molecule has 0 spiro atoms. The summed E-state index contributed by atoms with van der Waals surface area (Å²) in [5, 5.41) is 20.7. The lowest BCUT2D eigenvalue weighted by Gasteiger charge is -2.21. The van der Waals surface area contributed by atoms with Gasteiger partial charge in [0.25, 0.3) is 0 Å². The van der Waals surface area contributed by atoms with Crippen LogP contribution >= 0.6 is 0 Å². The number of alkyl halides is 2. The molecule has 0 saturated carbocycles. The lowest BCUT2D eigenvalue weighted by Crippen LogP contribution is -2.41. The number of hydrogen-bond donors (Lipinski definition) is 3. The van der Waals surface area contributed by atoms with E-state index in [1.807, 2.05) is 0 Å². The number of amides is 1. The van der Waals surface area contributed by atoms with Gasteiger partial charge < -0.3 is 24.4 Å². The fourth-order valence-electron chi connectivity index (χ4n) is 3.27. The molecule has 0 radical (unpaired) electrons. The average molecular weight is 469 g/mol. The number of aryl methyl sites for hydroxylation is 2. The highest BCUT2D eigenvalue weighted by atomic mass is 19.3. The van der Waals surface area contributed by atoms with E-state index in [4.69, 9.17) is 19.3 Å². The van der Waals surface area contributed by atoms with Gasteiger partial charge in [0.1, 0.15) is 11.9 Å². The van der Waals surface area contributed by atoms with Gasteiger partial charge in [0.05, 0.1) is 12.2 Å². The van der Waals surface area contributed by atoms with Crippen LogP contribution in [0.2, 0.25) is 0 Å². The Morgan fingerprint density at radius 2 is 1.91 bits per heavy atom. The van der Waals surface area contributed by atoms with E-state index in [-0.39, 0.29) is 5.82 Å². The van der Waals surface area contributed by atoms with Gasteiger partial charge >= 0.3 is 23.7 Å². The van der Waals surface area contributed by atoms with E-state index >= 15 is 0 Å². The molecule has 1 saturated heterocycles. The molecule has 2 aromatic rings. The summed E-state index contributed by atoms with van der Waals surface area (Å²) in [7, 11) is 0. The van der Waals surface area contributed by atoms with Crippen molar-refractivity contribution in [1.82, 2.24) is 9.55 Å². The number of halogens is 2. The highest BCUT2D eigenvalue weighted by Gasteiger charge is 2.59. The molecule has 13 heteroatoms. The van der Waals surface area contributed by atoms with Gasteiger partial charge in [-0.15, -0.1) is 0 Å². The molecule has 178 valence electrons. The first-order valence-corrected chi connectivity index (χ1v) is 9.64. The van der Waals surface area contributed by atoms with Gasteiger partial charge in [-0.05, 0) is 31.0 Å². The summed E-state index contributed by atoms with van der Waals surface area (Å²) < 4.78 is 43.3. The summed E-state index contributed by atoms with van der Waals surface area (Å²) in [4.78, 5) is 39.6. The maximum Gasteiger partial charge on any atom is 0.415 e. The van der Waals surface area contributed by atoms with E-state index in [2.05, 4.69) is 10.3 Å². The summed E-state index contributed by atoms with van der Waals surface area (Å²) in [6, 6.07) is 6.24. The Balaban J connectivity index is 1.58. The second kappa shape index (κ2) is 9.60. The Kier molecular flexibility index (Phi) is 7.05. The van der Waals surface area contributed by atoms with Crippen molar-refractivity contribution in [2.45, 2.75) is 38.2 Å². The Labute approximate surface area is 185 Å². The summed E-state index contributed by atoms with van der Waals surface area (Å²) in [6.07, 6.45) is -6.35. The molecule has 1 aliphatic heterocycles. The molecule has 3 atom stereocenters. The van der Waals surface area contributed by atoms with Crippen LogP contribution in [0.3, 0.4) is 0 Å². The largest absolute Gasteiger partial charge is 0.424 e. The number of anilines is 1. The Hall–Kier alpha value is -3.42. The molecule has 33 heavy (non-hydrogen) atoms. The summed E-state index contributed by atoms with van der Waals surface area (Å²) in [6.45, 7) is 1.84. The fraction of sp³-hybridized carbons (Fsp3) is 0.400. The third-order valence-corrected chi connectivity index (χ3v) is 4.94. The van der Waals surface area contributed by atoms with Crippen LogP contribution in [0.4, 0.5) is 19.4 Å². The van der Waals surface area contributed by atoms with Crippen molar-refractivity contribution >= 4 is 17.9 Å². The number of nitrogens with one attached hydrogen (secondary N) is 1. The first kappa shape index (κ1) is 24.2. The SMILES string of the molecule is Cc1cccc(C)c1C(=O)OCOC(=O)Nc1ccn([C@@H]2O[C@H](CO)[C@@H](O)C2(F)F)c(=O)n1. The monoisotopic (exact) mass is 469 g/mol. The molecule has 0 bridgehead atoms. The Morgan fingerprint density at radius 1 is 1.24 bits per heavy atom. The zero-order valence-corrected chi connectivity index (χ0v) is 17.5. The van der Waals surface area contributed by atoms with Crippen LogP contribution in [0.5, 0.6) is 0 Å². The lowest BCUT2D eigenvalue weighted by atomic mass is 10.0. The highest BCUT2D eigenvalue weighted by Crippen LogP contribution is 2.41. The topological polar surface area (TPSA) is 149 Å². The minimum absolute atomic E-state index is 0.331. The molecule has 11 nitrogen and oxygen atoms in total. The van der Waals surface area contributed by atoms with Gasteiger partial charge in [-0.2, -0.15) is 13.8 Å². The van der Waals surface area contributed by atoms with Gasteiger partial charge in [0, 0.05) is 6.20 Å². The van der Waals surface area contributed by atoms with Crippen molar-refractivity contribution in [3.63, 3.8) is 0 Å². The van der Waals surface area contributed by atoms with Gasteiger partial charge in [0.2, 0.25) is 13.0 Å². The molecular weight excluding hydrogens is 448 g/mol. The van der Waals surface area contributed by atoms with E-state index in [1.54, 1.807) is 32.0 Å². The van der Waals surface area contributed by atoms with Crippen LogP contribution in [0.25, 0.3) is 0 Å². The van der Waals surface area contributed by atoms with Crippen LogP contribution in [-0.2, 0) is 14.2 Å².